The van der Waals surface area contributed by atoms with Crippen molar-refractivity contribution in [3.63, 3.8) is 0 Å². The Bertz CT molecular complexity index is 403. The summed E-state index contributed by atoms with van der Waals surface area (Å²) in [7, 11) is 1.70. The van der Waals surface area contributed by atoms with Crippen molar-refractivity contribution in [1.82, 2.24) is 25.4 Å². The molecule has 0 spiro atoms. The second-order valence-corrected chi connectivity index (χ2v) is 4.56. The fourth-order valence-corrected chi connectivity index (χ4v) is 1.85. The number of rotatable bonds is 8. The molecule has 7 heteroatoms. The minimum Gasteiger partial charge on any atom is -0.383 e. The van der Waals surface area contributed by atoms with Gasteiger partial charge >= 0.3 is 0 Å². The van der Waals surface area contributed by atoms with Crippen molar-refractivity contribution in [3.05, 3.63) is 12.2 Å². The Hall–Kier alpha value is -1.63. The number of aryl methyl sites for hydroxylation is 1. The van der Waals surface area contributed by atoms with Crippen molar-refractivity contribution in [2.75, 3.05) is 26.8 Å². The topological polar surface area (TPSA) is 76.4 Å². The number of aromatic nitrogens is 3. The van der Waals surface area contributed by atoms with Gasteiger partial charge in [-0.15, -0.1) is 10.2 Å². The number of nitrogens with one attached hydrogen (secondary N) is 2. The van der Waals surface area contributed by atoms with Crippen molar-refractivity contribution >= 4 is 5.96 Å². The van der Waals surface area contributed by atoms with Crippen molar-refractivity contribution < 1.29 is 4.74 Å². The van der Waals surface area contributed by atoms with Gasteiger partial charge in [-0.1, -0.05) is 6.92 Å². The van der Waals surface area contributed by atoms with E-state index in [4.69, 9.17) is 4.74 Å². The molecule has 20 heavy (non-hydrogen) atoms. The van der Waals surface area contributed by atoms with Gasteiger partial charge in [0.1, 0.15) is 12.2 Å². The maximum atomic E-state index is 5.11. The maximum Gasteiger partial charge on any atom is 0.191 e. The second kappa shape index (κ2) is 9.30. The first-order chi connectivity index (χ1) is 9.71. The number of ether oxygens (including phenoxy) is 1. The first-order valence-electron chi connectivity index (χ1n) is 7.11. The molecule has 0 fully saturated rings. The van der Waals surface area contributed by atoms with Gasteiger partial charge in [-0.3, -0.25) is 4.99 Å². The quantitative estimate of drug-likeness (QED) is 0.534. The molecular weight excluding hydrogens is 256 g/mol. The van der Waals surface area contributed by atoms with E-state index in [1.165, 1.54) is 0 Å². The molecule has 114 valence electrons. The Labute approximate surface area is 120 Å². The normalized spacial score (nSPS) is 13.3. The summed E-state index contributed by atoms with van der Waals surface area (Å²) in [6.07, 6.45) is 2.63. The molecule has 1 unspecified atom stereocenters. The van der Waals surface area contributed by atoms with E-state index in [2.05, 4.69) is 39.7 Å². The van der Waals surface area contributed by atoms with Crippen LogP contribution in [0, 0.1) is 0 Å². The predicted octanol–water partition coefficient (Wildman–Crippen LogP) is 0.431. The Kier molecular flexibility index (Phi) is 7.64. The van der Waals surface area contributed by atoms with E-state index in [0.29, 0.717) is 13.2 Å². The van der Waals surface area contributed by atoms with Crippen LogP contribution < -0.4 is 10.6 Å². The molecule has 1 aromatic rings. The number of nitrogens with zero attached hydrogens (tertiary/aromatic N) is 4. The average Bonchev–Trinajstić information content (AvgIpc) is 2.86. The van der Waals surface area contributed by atoms with E-state index in [1.807, 2.05) is 11.5 Å². The van der Waals surface area contributed by atoms with Crippen LogP contribution in [0.3, 0.4) is 0 Å². The Balaban J connectivity index is 2.50. The lowest BCUT2D eigenvalue weighted by Gasteiger charge is -2.17. The highest BCUT2D eigenvalue weighted by Crippen LogP contribution is 1.95. The van der Waals surface area contributed by atoms with E-state index >= 15 is 0 Å². The Morgan fingerprint density at radius 2 is 2.30 bits per heavy atom. The first kappa shape index (κ1) is 16.4. The number of hydrogen-bond donors (Lipinski definition) is 2. The molecular formula is C13H26N6O. The summed E-state index contributed by atoms with van der Waals surface area (Å²) in [5, 5.41) is 14.5. The molecule has 1 rings (SSSR count). The third-order valence-corrected chi connectivity index (χ3v) is 2.77. The molecule has 0 saturated carbocycles. The molecule has 1 atom stereocenters. The summed E-state index contributed by atoms with van der Waals surface area (Å²) in [4.78, 5) is 4.55. The summed E-state index contributed by atoms with van der Waals surface area (Å²) in [5.41, 5.74) is 0. The van der Waals surface area contributed by atoms with Crippen LogP contribution in [0.1, 0.15) is 26.6 Å². The lowest BCUT2D eigenvalue weighted by Crippen LogP contribution is -2.44. The zero-order chi connectivity index (χ0) is 14.8. The van der Waals surface area contributed by atoms with Gasteiger partial charge in [0.2, 0.25) is 0 Å². The van der Waals surface area contributed by atoms with Crippen molar-refractivity contribution in [2.45, 2.75) is 39.8 Å². The van der Waals surface area contributed by atoms with E-state index in [1.54, 1.807) is 13.4 Å². The van der Waals surface area contributed by atoms with Crippen LogP contribution in [0.2, 0.25) is 0 Å². The zero-order valence-corrected chi connectivity index (χ0v) is 12.9. The smallest absolute Gasteiger partial charge is 0.191 e. The van der Waals surface area contributed by atoms with Gasteiger partial charge in [0.05, 0.1) is 13.2 Å². The third kappa shape index (κ3) is 5.56. The van der Waals surface area contributed by atoms with Crippen LogP contribution in [-0.4, -0.2) is 53.6 Å². The lowest BCUT2D eigenvalue weighted by molar-refractivity contribution is 0.179. The van der Waals surface area contributed by atoms with Crippen LogP contribution in [0.4, 0.5) is 0 Å². The van der Waals surface area contributed by atoms with Gasteiger partial charge in [0.15, 0.2) is 5.96 Å². The van der Waals surface area contributed by atoms with Crippen molar-refractivity contribution in [1.29, 1.82) is 0 Å². The van der Waals surface area contributed by atoms with Gasteiger partial charge in [0.25, 0.3) is 0 Å². The molecule has 0 aromatic carbocycles. The monoisotopic (exact) mass is 282 g/mol. The number of guanidine groups is 1. The molecule has 0 aliphatic carbocycles. The minimum absolute atomic E-state index is 0.221. The summed E-state index contributed by atoms with van der Waals surface area (Å²) in [5.74, 6) is 1.80. The number of methoxy groups -OCH3 is 1. The van der Waals surface area contributed by atoms with Crippen LogP contribution in [0.5, 0.6) is 0 Å². The van der Waals surface area contributed by atoms with Gasteiger partial charge in [-0.25, -0.2) is 0 Å². The number of hydrogen-bond acceptors (Lipinski definition) is 4. The van der Waals surface area contributed by atoms with Crippen LogP contribution in [0.15, 0.2) is 11.3 Å². The molecule has 0 aliphatic heterocycles. The molecule has 0 bridgehead atoms. The van der Waals surface area contributed by atoms with E-state index < -0.39 is 0 Å². The number of aliphatic imine (C=N–C) groups is 1. The van der Waals surface area contributed by atoms with Crippen molar-refractivity contribution in [2.24, 2.45) is 4.99 Å². The van der Waals surface area contributed by atoms with Gasteiger partial charge in [-0.05, 0) is 13.8 Å². The van der Waals surface area contributed by atoms with E-state index in [0.717, 1.165) is 31.3 Å². The molecule has 2 N–H and O–H groups in total. The van der Waals surface area contributed by atoms with Crippen molar-refractivity contribution in [3.8, 4) is 0 Å². The van der Waals surface area contributed by atoms with Crippen LogP contribution in [0.25, 0.3) is 0 Å². The fraction of sp³-hybridized carbons (Fsp3) is 0.769. The SMILES string of the molecule is CCNC(=NCCn1cnnc1CC)NC(C)COC. The first-order valence-corrected chi connectivity index (χ1v) is 7.11. The summed E-state index contributed by atoms with van der Waals surface area (Å²) >= 11 is 0. The highest BCUT2D eigenvalue weighted by Gasteiger charge is 2.05. The predicted molar refractivity (Wildman–Crippen MR) is 79.9 cm³/mol. The molecule has 1 aromatic heterocycles. The van der Waals surface area contributed by atoms with E-state index in [9.17, 15) is 0 Å². The molecule has 0 amide bonds. The summed E-state index contributed by atoms with van der Waals surface area (Å²) in [6.45, 7) is 9.13. The minimum atomic E-state index is 0.221. The maximum absolute atomic E-state index is 5.11. The van der Waals surface area contributed by atoms with Crippen LogP contribution >= 0.6 is 0 Å². The van der Waals surface area contributed by atoms with E-state index in [-0.39, 0.29) is 6.04 Å². The molecule has 0 saturated heterocycles. The standard InChI is InChI=1S/C13H26N6O/c1-5-12-18-16-10-19(12)8-7-15-13(14-6-2)17-11(3)9-20-4/h10-11H,5-9H2,1-4H3,(H2,14,15,17). The second-order valence-electron chi connectivity index (χ2n) is 4.56. The average molecular weight is 282 g/mol. The molecule has 7 nitrogen and oxygen atoms in total. The molecule has 0 radical (unpaired) electrons. The van der Waals surface area contributed by atoms with Gasteiger partial charge < -0.3 is 19.9 Å². The Morgan fingerprint density at radius 3 is 2.95 bits per heavy atom. The largest absolute Gasteiger partial charge is 0.383 e. The highest BCUT2D eigenvalue weighted by atomic mass is 16.5. The zero-order valence-electron chi connectivity index (χ0n) is 12.9. The third-order valence-electron chi connectivity index (χ3n) is 2.77. The highest BCUT2D eigenvalue weighted by molar-refractivity contribution is 5.80. The summed E-state index contributed by atoms with van der Waals surface area (Å²) in [6, 6.07) is 0.221. The summed E-state index contributed by atoms with van der Waals surface area (Å²) < 4.78 is 7.14. The lowest BCUT2D eigenvalue weighted by atomic mass is 10.4. The fourth-order valence-electron chi connectivity index (χ4n) is 1.85. The van der Waals surface area contributed by atoms with Crippen LogP contribution in [-0.2, 0) is 17.7 Å². The van der Waals surface area contributed by atoms with Gasteiger partial charge in [-0.2, -0.15) is 0 Å². The Morgan fingerprint density at radius 1 is 1.50 bits per heavy atom. The molecule has 1 heterocycles. The van der Waals surface area contributed by atoms with Gasteiger partial charge in [0, 0.05) is 32.7 Å². The molecule has 0 aliphatic rings.